The number of hydrogen-bond donors (Lipinski definition) is 3. The lowest BCUT2D eigenvalue weighted by Gasteiger charge is -2.29. The molecule has 6 heteroatoms. The summed E-state index contributed by atoms with van der Waals surface area (Å²) in [6.45, 7) is 6.50. The van der Waals surface area contributed by atoms with Gasteiger partial charge >= 0.3 is 0 Å². The SMILES string of the molecule is COc1ccc(C[NH+]2CC[NH+](CC(=O)NCCCc3ccccc3)CC2)cc1OC. The monoisotopic (exact) mass is 413 g/mol. The van der Waals surface area contributed by atoms with Gasteiger partial charge in [-0.15, -0.1) is 0 Å². The van der Waals surface area contributed by atoms with E-state index in [0.717, 1.165) is 63.6 Å². The van der Waals surface area contributed by atoms with Crippen molar-refractivity contribution in [3.05, 3.63) is 59.7 Å². The van der Waals surface area contributed by atoms with Crippen LogP contribution >= 0.6 is 0 Å². The number of carbonyl (C=O) groups excluding carboxylic acids is 1. The Hall–Kier alpha value is -2.57. The standard InChI is InChI=1S/C24H33N3O3/c1-29-22-11-10-21(17-23(22)30-2)18-26-13-15-27(16-14-26)19-24(28)25-12-6-9-20-7-4-3-5-8-20/h3-5,7-8,10-11,17H,6,9,12-16,18-19H2,1-2H3,(H,25,28)/p+2. The summed E-state index contributed by atoms with van der Waals surface area (Å²) in [7, 11) is 3.33. The van der Waals surface area contributed by atoms with E-state index in [1.165, 1.54) is 16.0 Å². The van der Waals surface area contributed by atoms with Crippen molar-refractivity contribution >= 4 is 5.91 Å². The minimum atomic E-state index is 0.168. The second kappa shape index (κ2) is 11.6. The first-order chi connectivity index (χ1) is 14.7. The van der Waals surface area contributed by atoms with Crippen molar-refractivity contribution in [3.8, 4) is 11.5 Å². The van der Waals surface area contributed by atoms with Crippen LogP contribution in [0, 0.1) is 0 Å². The molecular weight excluding hydrogens is 378 g/mol. The van der Waals surface area contributed by atoms with Crippen molar-refractivity contribution in [1.29, 1.82) is 0 Å². The molecule has 0 saturated carbocycles. The largest absolute Gasteiger partial charge is 0.493 e. The molecule has 0 bridgehead atoms. The van der Waals surface area contributed by atoms with Crippen LogP contribution in [0.1, 0.15) is 17.5 Å². The van der Waals surface area contributed by atoms with E-state index < -0.39 is 0 Å². The average molecular weight is 414 g/mol. The van der Waals surface area contributed by atoms with Gasteiger partial charge in [0, 0.05) is 12.1 Å². The summed E-state index contributed by atoms with van der Waals surface area (Å²) < 4.78 is 10.7. The minimum Gasteiger partial charge on any atom is -0.493 e. The molecule has 1 aliphatic rings. The molecular formula is C24H35N3O3+2. The van der Waals surface area contributed by atoms with Crippen molar-refractivity contribution in [2.75, 3.05) is 53.5 Å². The number of benzene rings is 2. The third-order valence-corrected chi connectivity index (χ3v) is 5.78. The van der Waals surface area contributed by atoms with E-state index in [1.807, 2.05) is 12.1 Å². The molecule has 6 nitrogen and oxygen atoms in total. The molecule has 30 heavy (non-hydrogen) atoms. The smallest absolute Gasteiger partial charge is 0.275 e. The van der Waals surface area contributed by atoms with Crippen LogP contribution in [0.2, 0.25) is 0 Å². The maximum atomic E-state index is 12.3. The van der Waals surface area contributed by atoms with Crippen LogP contribution in [0.15, 0.2) is 48.5 Å². The van der Waals surface area contributed by atoms with E-state index in [0.29, 0.717) is 6.54 Å². The molecule has 3 N–H and O–H groups in total. The van der Waals surface area contributed by atoms with Crippen LogP contribution in [0.4, 0.5) is 0 Å². The normalized spacial score (nSPS) is 18.6. The number of carbonyl (C=O) groups is 1. The first-order valence-corrected chi connectivity index (χ1v) is 10.9. The van der Waals surface area contributed by atoms with Gasteiger partial charge in [-0.2, -0.15) is 0 Å². The number of ether oxygens (including phenoxy) is 2. The minimum absolute atomic E-state index is 0.168. The third kappa shape index (κ3) is 6.75. The van der Waals surface area contributed by atoms with E-state index >= 15 is 0 Å². The van der Waals surface area contributed by atoms with Gasteiger partial charge in [-0.05, 0) is 36.6 Å². The number of methoxy groups -OCH3 is 2. The fourth-order valence-electron chi connectivity index (χ4n) is 4.04. The molecule has 0 aliphatic carbocycles. The molecule has 1 fully saturated rings. The van der Waals surface area contributed by atoms with Crippen molar-refractivity contribution in [1.82, 2.24) is 5.32 Å². The summed E-state index contributed by atoms with van der Waals surface area (Å²) in [5, 5.41) is 3.08. The first-order valence-electron chi connectivity index (χ1n) is 10.9. The molecule has 1 saturated heterocycles. The van der Waals surface area contributed by atoms with Crippen molar-refractivity contribution in [3.63, 3.8) is 0 Å². The number of hydrogen-bond acceptors (Lipinski definition) is 3. The van der Waals surface area contributed by atoms with Gasteiger partial charge < -0.3 is 24.6 Å². The Labute approximate surface area is 179 Å². The van der Waals surface area contributed by atoms with Gasteiger partial charge in [0.25, 0.3) is 5.91 Å². The summed E-state index contributed by atoms with van der Waals surface area (Å²) in [4.78, 5) is 15.2. The molecule has 0 radical (unpaired) electrons. The van der Waals surface area contributed by atoms with Gasteiger partial charge in [0.05, 0.1) is 14.2 Å². The Morgan fingerprint density at radius 2 is 1.60 bits per heavy atom. The summed E-state index contributed by atoms with van der Waals surface area (Å²) in [6, 6.07) is 16.6. The Balaban J connectivity index is 1.33. The van der Waals surface area contributed by atoms with E-state index in [2.05, 4.69) is 41.7 Å². The van der Waals surface area contributed by atoms with E-state index in [1.54, 1.807) is 19.1 Å². The Morgan fingerprint density at radius 3 is 2.30 bits per heavy atom. The van der Waals surface area contributed by atoms with Crippen LogP contribution in [-0.4, -0.2) is 59.4 Å². The van der Waals surface area contributed by atoms with E-state index in [4.69, 9.17) is 9.47 Å². The molecule has 1 heterocycles. The van der Waals surface area contributed by atoms with Crippen molar-refractivity contribution in [2.24, 2.45) is 0 Å². The molecule has 3 rings (SSSR count). The predicted octanol–water partition coefficient (Wildman–Crippen LogP) is -0.264. The summed E-state index contributed by atoms with van der Waals surface area (Å²) in [5.41, 5.74) is 2.58. The van der Waals surface area contributed by atoms with Gasteiger partial charge in [-0.3, -0.25) is 4.79 Å². The Kier molecular flexibility index (Phi) is 8.53. The molecule has 0 spiro atoms. The van der Waals surface area contributed by atoms with Gasteiger partial charge in [0.2, 0.25) is 0 Å². The highest BCUT2D eigenvalue weighted by Crippen LogP contribution is 2.27. The van der Waals surface area contributed by atoms with Crippen LogP contribution in [-0.2, 0) is 17.8 Å². The van der Waals surface area contributed by atoms with Crippen molar-refractivity contribution < 1.29 is 24.1 Å². The van der Waals surface area contributed by atoms with Gasteiger partial charge in [-0.1, -0.05) is 30.3 Å². The highest BCUT2D eigenvalue weighted by molar-refractivity contribution is 5.76. The highest BCUT2D eigenvalue weighted by Gasteiger charge is 2.25. The highest BCUT2D eigenvalue weighted by atomic mass is 16.5. The maximum absolute atomic E-state index is 12.3. The fourth-order valence-corrected chi connectivity index (χ4v) is 4.04. The predicted molar refractivity (Wildman–Crippen MR) is 117 cm³/mol. The number of quaternary nitrogens is 2. The lowest BCUT2D eigenvalue weighted by Crippen LogP contribution is -3.28. The topological polar surface area (TPSA) is 56.4 Å². The molecule has 0 atom stereocenters. The number of piperazine rings is 1. The van der Waals surface area contributed by atoms with Crippen molar-refractivity contribution in [2.45, 2.75) is 19.4 Å². The van der Waals surface area contributed by atoms with Gasteiger partial charge in [-0.25, -0.2) is 0 Å². The lowest BCUT2D eigenvalue weighted by atomic mass is 10.1. The molecule has 1 amide bonds. The summed E-state index contributed by atoms with van der Waals surface area (Å²) in [5.74, 6) is 1.71. The number of amides is 1. The van der Waals surface area contributed by atoms with Gasteiger partial charge in [0.15, 0.2) is 18.0 Å². The molecule has 2 aromatic carbocycles. The Morgan fingerprint density at radius 1 is 0.900 bits per heavy atom. The van der Waals surface area contributed by atoms with Crippen LogP contribution in [0.3, 0.4) is 0 Å². The summed E-state index contributed by atoms with van der Waals surface area (Å²) >= 11 is 0. The zero-order valence-corrected chi connectivity index (χ0v) is 18.2. The number of aryl methyl sites for hydroxylation is 1. The lowest BCUT2D eigenvalue weighted by molar-refractivity contribution is -1.02. The molecule has 0 aromatic heterocycles. The quantitative estimate of drug-likeness (QED) is 0.471. The third-order valence-electron chi connectivity index (χ3n) is 5.78. The fraction of sp³-hybridized carbons (Fsp3) is 0.458. The van der Waals surface area contributed by atoms with Crippen LogP contribution in [0.5, 0.6) is 11.5 Å². The van der Waals surface area contributed by atoms with E-state index in [-0.39, 0.29) is 5.91 Å². The molecule has 162 valence electrons. The second-order valence-corrected chi connectivity index (χ2v) is 7.98. The Bertz CT molecular complexity index is 790. The molecule has 1 aliphatic heterocycles. The van der Waals surface area contributed by atoms with Crippen LogP contribution in [0.25, 0.3) is 0 Å². The second-order valence-electron chi connectivity index (χ2n) is 7.98. The maximum Gasteiger partial charge on any atom is 0.275 e. The van der Waals surface area contributed by atoms with E-state index in [9.17, 15) is 4.79 Å². The zero-order valence-electron chi connectivity index (χ0n) is 18.2. The number of nitrogens with one attached hydrogen (secondary N) is 3. The number of rotatable bonds is 10. The average Bonchev–Trinajstić information content (AvgIpc) is 2.78. The summed E-state index contributed by atoms with van der Waals surface area (Å²) in [6.07, 6.45) is 1.99. The van der Waals surface area contributed by atoms with Crippen LogP contribution < -0.4 is 24.6 Å². The molecule has 2 aromatic rings. The zero-order chi connectivity index (χ0) is 21.2. The molecule has 0 unspecified atom stereocenters. The van der Waals surface area contributed by atoms with Gasteiger partial charge in [0.1, 0.15) is 32.7 Å². The first kappa shape index (κ1) is 22.1.